The number of esters is 1. The maximum atomic E-state index is 11.5. The van der Waals surface area contributed by atoms with Gasteiger partial charge in [-0.3, -0.25) is 9.78 Å². The molecule has 1 aromatic carbocycles. The molecule has 1 unspecified atom stereocenters. The second kappa shape index (κ2) is 6.29. The van der Waals surface area contributed by atoms with Gasteiger partial charge in [0.2, 0.25) is 0 Å². The molecule has 0 aliphatic carbocycles. The molecule has 100 valence electrons. The van der Waals surface area contributed by atoms with E-state index in [0.717, 1.165) is 16.5 Å². The van der Waals surface area contributed by atoms with Crippen LogP contribution in [0.15, 0.2) is 36.5 Å². The summed E-state index contributed by atoms with van der Waals surface area (Å²) in [5.74, 6) is -0.218. The lowest BCUT2D eigenvalue weighted by Gasteiger charge is -2.12. The van der Waals surface area contributed by atoms with Crippen molar-refractivity contribution in [3.05, 3.63) is 42.1 Å². The van der Waals surface area contributed by atoms with Crippen LogP contribution in [0.4, 0.5) is 0 Å². The van der Waals surface area contributed by atoms with Gasteiger partial charge in [0.15, 0.2) is 0 Å². The topological polar surface area (TPSA) is 51.2 Å². The lowest BCUT2D eigenvalue weighted by Crippen LogP contribution is -2.34. The lowest BCUT2D eigenvalue weighted by molar-refractivity contribution is -0.145. The molecule has 2 rings (SSSR count). The molecule has 0 fully saturated rings. The fourth-order valence-electron chi connectivity index (χ4n) is 1.86. The van der Waals surface area contributed by atoms with Gasteiger partial charge in [0, 0.05) is 18.1 Å². The molecule has 2 aromatic rings. The molecular weight excluding hydrogens is 240 g/mol. The van der Waals surface area contributed by atoms with Crippen LogP contribution in [0.3, 0.4) is 0 Å². The van der Waals surface area contributed by atoms with Gasteiger partial charge in [0.05, 0.1) is 12.1 Å². The minimum Gasteiger partial charge on any atom is -0.465 e. The van der Waals surface area contributed by atoms with Crippen LogP contribution in [-0.2, 0) is 16.1 Å². The van der Waals surface area contributed by atoms with Crippen LogP contribution >= 0.6 is 0 Å². The maximum Gasteiger partial charge on any atom is 0.322 e. The third kappa shape index (κ3) is 3.51. The number of rotatable bonds is 5. The molecule has 0 aliphatic rings. The van der Waals surface area contributed by atoms with Gasteiger partial charge in [0.1, 0.15) is 6.04 Å². The van der Waals surface area contributed by atoms with E-state index in [2.05, 4.69) is 16.4 Å². The molecule has 1 atom stereocenters. The molecule has 0 saturated carbocycles. The number of fused-ring (bicyclic) bond motifs is 1. The monoisotopic (exact) mass is 258 g/mol. The van der Waals surface area contributed by atoms with Crippen molar-refractivity contribution >= 4 is 16.9 Å². The number of aromatic nitrogens is 1. The van der Waals surface area contributed by atoms with E-state index >= 15 is 0 Å². The van der Waals surface area contributed by atoms with Crippen molar-refractivity contribution in [2.75, 3.05) is 6.61 Å². The number of hydrogen-bond acceptors (Lipinski definition) is 4. The Hall–Kier alpha value is -1.94. The number of benzene rings is 1. The first-order valence-corrected chi connectivity index (χ1v) is 6.44. The van der Waals surface area contributed by atoms with Gasteiger partial charge < -0.3 is 10.1 Å². The number of hydrogen-bond donors (Lipinski definition) is 1. The molecule has 4 heteroatoms. The number of carbonyl (C=O) groups excluding carboxylic acids is 1. The van der Waals surface area contributed by atoms with Gasteiger partial charge in [-0.25, -0.2) is 0 Å². The fraction of sp³-hybridized carbons (Fsp3) is 0.333. The lowest BCUT2D eigenvalue weighted by atomic mass is 10.1. The third-order valence-electron chi connectivity index (χ3n) is 2.92. The van der Waals surface area contributed by atoms with Gasteiger partial charge in [-0.15, -0.1) is 0 Å². The summed E-state index contributed by atoms with van der Waals surface area (Å²) >= 11 is 0. The van der Waals surface area contributed by atoms with Crippen LogP contribution in [0.2, 0.25) is 0 Å². The highest BCUT2D eigenvalue weighted by Gasteiger charge is 2.12. The molecular formula is C15H18N2O2. The van der Waals surface area contributed by atoms with Gasteiger partial charge >= 0.3 is 5.97 Å². The highest BCUT2D eigenvalue weighted by molar-refractivity contribution is 5.79. The number of nitrogens with zero attached hydrogens (tertiary/aromatic N) is 1. The van der Waals surface area contributed by atoms with Crippen molar-refractivity contribution in [2.45, 2.75) is 26.4 Å². The Morgan fingerprint density at radius 3 is 3.05 bits per heavy atom. The van der Waals surface area contributed by atoms with E-state index < -0.39 is 0 Å². The van der Waals surface area contributed by atoms with Crippen molar-refractivity contribution in [3.8, 4) is 0 Å². The van der Waals surface area contributed by atoms with Crippen LogP contribution in [0.5, 0.6) is 0 Å². The van der Waals surface area contributed by atoms with E-state index in [1.54, 1.807) is 20.0 Å². The van der Waals surface area contributed by atoms with Gasteiger partial charge in [-0.05, 0) is 37.6 Å². The van der Waals surface area contributed by atoms with E-state index in [4.69, 9.17) is 4.74 Å². The van der Waals surface area contributed by atoms with Crippen molar-refractivity contribution in [2.24, 2.45) is 0 Å². The number of carbonyl (C=O) groups is 1. The van der Waals surface area contributed by atoms with Gasteiger partial charge in [-0.2, -0.15) is 0 Å². The summed E-state index contributed by atoms with van der Waals surface area (Å²) in [5, 5.41) is 4.26. The number of ether oxygens (including phenoxy) is 1. The normalized spacial score (nSPS) is 12.3. The van der Waals surface area contributed by atoms with Crippen LogP contribution in [0.25, 0.3) is 10.9 Å². The van der Waals surface area contributed by atoms with Crippen LogP contribution in [-0.4, -0.2) is 23.6 Å². The minimum atomic E-state index is -0.301. The molecule has 0 aliphatic heterocycles. The summed E-state index contributed by atoms with van der Waals surface area (Å²) in [6.07, 6.45) is 1.78. The molecule has 0 amide bonds. The Morgan fingerprint density at radius 1 is 1.42 bits per heavy atom. The number of pyridine rings is 1. The summed E-state index contributed by atoms with van der Waals surface area (Å²) in [6, 6.07) is 9.72. The Balaban J connectivity index is 1.99. The highest BCUT2D eigenvalue weighted by atomic mass is 16.5. The Morgan fingerprint density at radius 2 is 2.26 bits per heavy atom. The minimum absolute atomic E-state index is 0.218. The molecule has 1 aromatic heterocycles. The molecule has 1 heterocycles. The Labute approximate surface area is 112 Å². The zero-order valence-corrected chi connectivity index (χ0v) is 11.2. The molecule has 0 saturated heterocycles. The second-order valence-electron chi connectivity index (χ2n) is 4.39. The Kier molecular flexibility index (Phi) is 4.47. The average Bonchev–Trinajstić information content (AvgIpc) is 2.44. The summed E-state index contributed by atoms with van der Waals surface area (Å²) in [7, 11) is 0. The summed E-state index contributed by atoms with van der Waals surface area (Å²) in [6.45, 7) is 4.65. The number of nitrogens with one attached hydrogen (secondary N) is 1. The first-order chi connectivity index (χ1) is 9.20. The largest absolute Gasteiger partial charge is 0.465 e. The second-order valence-corrected chi connectivity index (χ2v) is 4.39. The molecule has 0 bridgehead atoms. The van der Waals surface area contributed by atoms with E-state index in [9.17, 15) is 4.79 Å². The van der Waals surface area contributed by atoms with Gasteiger partial charge in [0.25, 0.3) is 0 Å². The molecule has 0 radical (unpaired) electrons. The van der Waals surface area contributed by atoms with Crippen molar-refractivity contribution in [1.29, 1.82) is 0 Å². The third-order valence-corrected chi connectivity index (χ3v) is 2.92. The predicted octanol–water partition coefficient (Wildman–Crippen LogP) is 2.28. The molecule has 0 spiro atoms. The fourth-order valence-corrected chi connectivity index (χ4v) is 1.86. The van der Waals surface area contributed by atoms with Crippen molar-refractivity contribution in [3.63, 3.8) is 0 Å². The highest BCUT2D eigenvalue weighted by Crippen LogP contribution is 2.13. The average molecular weight is 258 g/mol. The van der Waals surface area contributed by atoms with E-state index in [0.29, 0.717) is 13.2 Å². The summed E-state index contributed by atoms with van der Waals surface area (Å²) < 4.78 is 4.95. The first kappa shape index (κ1) is 13.5. The van der Waals surface area contributed by atoms with Gasteiger partial charge in [-0.1, -0.05) is 12.1 Å². The zero-order chi connectivity index (χ0) is 13.7. The molecule has 19 heavy (non-hydrogen) atoms. The van der Waals surface area contributed by atoms with Crippen molar-refractivity contribution in [1.82, 2.24) is 10.3 Å². The summed E-state index contributed by atoms with van der Waals surface area (Å²) in [5.41, 5.74) is 2.10. The first-order valence-electron chi connectivity index (χ1n) is 6.44. The van der Waals surface area contributed by atoms with E-state index in [1.165, 1.54) is 0 Å². The van der Waals surface area contributed by atoms with E-state index in [1.807, 2.05) is 24.3 Å². The zero-order valence-electron chi connectivity index (χ0n) is 11.2. The molecule has 4 nitrogen and oxygen atoms in total. The summed E-state index contributed by atoms with van der Waals surface area (Å²) in [4.78, 5) is 15.8. The van der Waals surface area contributed by atoms with Crippen LogP contribution in [0.1, 0.15) is 19.4 Å². The standard InChI is InChI=1S/C15H18N2O2/c1-3-19-15(18)11(2)17-10-12-6-7-14-13(9-12)5-4-8-16-14/h4-9,11,17H,3,10H2,1-2H3. The molecule has 1 N–H and O–H groups in total. The van der Waals surface area contributed by atoms with E-state index in [-0.39, 0.29) is 12.0 Å². The van der Waals surface area contributed by atoms with Crippen molar-refractivity contribution < 1.29 is 9.53 Å². The predicted molar refractivity (Wildman–Crippen MR) is 74.7 cm³/mol. The van der Waals surface area contributed by atoms with Crippen LogP contribution < -0.4 is 5.32 Å². The maximum absolute atomic E-state index is 11.5. The quantitative estimate of drug-likeness (QED) is 0.836. The Bertz CT molecular complexity index is 569. The SMILES string of the molecule is CCOC(=O)C(C)NCc1ccc2ncccc2c1. The van der Waals surface area contributed by atoms with Crippen LogP contribution in [0, 0.1) is 0 Å². The smallest absolute Gasteiger partial charge is 0.322 e.